The van der Waals surface area contributed by atoms with E-state index in [0.29, 0.717) is 25.3 Å². The van der Waals surface area contributed by atoms with Gasteiger partial charge >= 0.3 is 0 Å². The molecule has 0 amide bonds. The van der Waals surface area contributed by atoms with Gasteiger partial charge in [0.25, 0.3) is 0 Å². The van der Waals surface area contributed by atoms with E-state index in [1.807, 2.05) is 4.90 Å². The molecule has 0 spiro atoms. The Hall–Kier alpha value is -1.50. The number of morpholine rings is 1. The number of hydrogen-bond donors (Lipinski definition) is 1. The number of methoxy groups -OCH3 is 1. The summed E-state index contributed by atoms with van der Waals surface area (Å²) in [6, 6.07) is 3.97. The highest BCUT2D eigenvalue weighted by molar-refractivity contribution is 5.97. The second-order valence-corrected chi connectivity index (χ2v) is 4.65. The fourth-order valence-electron chi connectivity index (χ4n) is 2.18. The molecule has 1 atom stereocenters. The van der Waals surface area contributed by atoms with Crippen molar-refractivity contribution in [3.63, 3.8) is 0 Å². The van der Waals surface area contributed by atoms with Crippen LogP contribution in [0.5, 0.6) is 5.75 Å². The molecule has 1 aliphatic heterocycles. The number of carbonyl (C=O) groups is 1. The summed E-state index contributed by atoms with van der Waals surface area (Å²) < 4.78 is 23.6. The first-order valence-electron chi connectivity index (χ1n) is 6.45. The van der Waals surface area contributed by atoms with Crippen LogP contribution in [0.1, 0.15) is 10.4 Å². The maximum atomic E-state index is 13.6. The van der Waals surface area contributed by atoms with E-state index in [0.717, 1.165) is 0 Å². The van der Waals surface area contributed by atoms with Gasteiger partial charge in [-0.1, -0.05) is 0 Å². The van der Waals surface area contributed by atoms with E-state index >= 15 is 0 Å². The summed E-state index contributed by atoms with van der Waals surface area (Å²) in [4.78, 5) is 14.0. The quantitative estimate of drug-likeness (QED) is 0.807. The number of halogens is 1. The van der Waals surface area contributed by atoms with Crippen LogP contribution in [-0.2, 0) is 4.74 Å². The molecule has 20 heavy (non-hydrogen) atoms. The highest BCUT2D eigenvalue weighted by Gasteiger charge is 2.24. The van der Waals surface area contributed by atoms with Crippen LogP contribution in [0.15, 0.2) is 18.2 Å². The summed E-state index contributed by atoms with van der Waals surface area (Å²) in [7, 11) is 1.37. The predicted molar refractivity (Wildman–Crippen MR) is 70.5 cm³/mol. The van der Waals surface area contributed by atoms with Gasteiger partial charge in [0, 0.05) is 12.1 Å². The minimum Gasteiger partial charge on any atom is -0.494 e. The second kappa shape index (κ2) is 6.78. The van der Waals surface area contributed by atoms with Gasteiger partial charge in [0.05, 0.1) is 39.5 Å². The number of ketones is 1. The van der Waals surface area contributed by atoms with Gasteiger partial charge in [-0.3, -0.25) is 9.69 Å². The number of nitrogens with zero attached hydrogens (tertiary/aromatic N) is 1. The number of carbonyl (C=O) groups excluding carboxylic acids is 1. The summed E-state index contributed by atoms with van der Waals surface area (Å²) in [5, 5.41) is 9.25. The molecule has 1 aliphatic rings. The molecule has 1 aromatic carbocycles. The zero-order valence-corrected chi connectivity index (χ0v) is 11.3. The van der Waals surface area contributed by atoms with Gasteiger partial charge < -0.3 is 14.6 Å². The summed E-state index contributed by atoms with van der Waals surface area (Å²) in [6.07, 6.45) is 0. The van der Waals surface area contributed by atoms with Crippen molar-refractivity contribution in [1.29, 1.82) is 0 Å². The van der Waals surface area contributed by atoms with Crippen molar-refractivity contribution in [3.05, 3.63) is 29.6 Å². The lowest BCUT2D eigenvalue weighted by Crippen LogP contribution is -2.49. The number of rotatable bonds is 5. The zero-order valence-electron chi connectivity index (χ0n) is 11.3. The fourth-order valence-corrected chi connectivity index (χ4v) is 2.18. The Labute approximate surface area is 116 Å². The van der Waals surface area contributed by atoms with Crippen molar-refractivity contribution in [2.45, 2.75) is 6.04 Å². The van der Waals surface area contributed by atoms with E-state index in [1.54, 1.807) is 6.07 Å². The standard InChI is InChI=1S/C14H18FNO4/c1-19-14-3-2-10(6-12(14)15)13(18)7-16-4-5-20-9-11(16)8-17/h2-3,6,11,17H,4-5,7-9H2,1H3. The molecule has 1 fully saturated rings. The van der Waals surface area contributed by atoms with E-state index in [-0.39, 0.29) is 30.7 Å². The minimum absolute atomic E-state index is 0.0652. The van der Waals surface area contributed by atoms with Crippen molar-refractivity contribution in [2.24, 2.45) is 0 Å². The first kappa shape index (κ1) is 14.9. The highest BCUT2D eigenvalue weighted by Crippen LogP contribution is 2.18. The van der Waals surface area contributed by atoms with Gasteiger partial charge in [-0.05, 0) is 18.2 Å². The Bertz CT molecular complexity index is 480. The molecule has 6 heteroatoms. The van der Waals surface area contributed by atoms with E-state index in [1.165, 1.54) is 19.2 Å². The molecule has 0 aromatic heterocycles. The molecule has 110 valence electrons. The van der Waals surface area contributed by atoms with Crippen LogP contribution in [0.2, 0.25) is 0 Å². The molecule has 2 rings (SSSR count). The van der Waals surface area contributed by atoms with Crippen molar-refractivity contribution >= 4 is 5.78 Å². The maximum absolute atomic E-state index is 13.6. The molecule has 0 saturated carbocycles. The molecular formula is C14H18FNO4. The van der Waals surface area contributed by atoms with E-state index in [4.69, 9.17) is 9.47 Å². The summed E-state index contributed by atoms with van der Waals surface area (Å²) in [6.45, 7) is 1.59. The SMILES string of the molecule is COc1ccc(C(=O)CN2CCOCC2CO)cc1F. The molecule has 0 aliphatic carbocycles. The maximum Gasteiger partial charge on any atom is 0.176 e. The van der Waals surface area contributed by atoms with Crippen molar-refractivity contribution in [1.82, 2.24) is 4.90 Å². The minimum atomic E-state index is -0.556. The monoisotopic (exact) mass is 283 g/mol. The summed E-state index contributed by atoms with van der Waals surface area (Å²) in [5.41, 5.74) is 0.298. The Morgan fingerprint density at radius 2 is 2.40 bits per heavy atom. The molecule has 0 radical (unpaired) electrons. The van der Waals surface area contributed by atoms with Crippen molar-refractivity contribution < 1.29 is 23.8 Å². The van der Waals surface area contributed by atoms with Crippen LogP contribution in [-0.4, -0.2) is 61.9 Å². The van der Waals surface area contributed by atoms with Crippen molar-refractivity contribution in [2.75, 3.05) is 40.0 Å². The molecule has 1 unspecified atom stereocenters. The predicted octanol–water partition coefficient (Wildman–Crippen LogP) is 0.710. The van der Waals surface area contributed by atoms with Crippen molar-refractivity contribution in [3.8, 4) is 5.75 Å². The van der Waals surface area contributed by atoms with Crippen LogP contribution in [0.4, 0.5) is 4.39 Å². The Balaban J connectivity index is 2.05. The molecule has 1 heterocycles. The smallest absolute Gasteiger partial charge is 0.176 e. The first-order valence-corrected chi connectivity index (χ1v) is 6.45. The number of Topliss-reactive ketones (excluding diaryl/α,β-unsaturated/α-hetero) is 1. The normalized spacial score (nSPS) is 19.9. The third kappa shape index (κ3) is 3.33. The van der Waals surface area contributed by atoms with Gasteiger partial charge in [-0.15, -0.1) is 0 Å². The lowest BCUT2D eigenvalue weighted by Gasteiger charge is -2.33. The summed E-state index contributed by atoms with van der Waals surface area (Å²) >= 11 is 0. The Morgan fingerprint density at radius 3 is 3.05 bits per heavy atom. The third-order valence-corrected chi connectivity index (χ3v) is 3.38. The van der Waals surface area contributed by atoms with E-state index < -0.39 is 5.82 Å². The van der Waals surface area contributed by atoms with E-state index in [9.17, 15) is 14.3 Å². The third-order valence-electron chi connectivity index (χ3n) is 3.38. The van der Waals surface area contributed by atoms with Gasteiger partial charge in [0.2, 0.25) is 0 Å². The molecule has 0 bridgehead atoms. The summed E-state index contributed by atoms with van der Waals surface area (Å²) in [5.74, 6) is -0.632. The molecule has 1 aromatic rings. The number of ether oxygens (including phenoxy) is 2. The molecule has 1 saturated heterocycles. The Morgan fingerprint density at radius 1 is 1.60 bits per heavy atom. The van der Waals surface area contributed by atoms with Gasteiger partial charge in [0.15, 0.2) is 17.3 Å². The van der Waals surface area contributed by atoms with Crippen LogP contribution >= 0.6 is 0 Å². The van der Waals surface area contributed by atoms with Crippen LogP contribution in [0.25, 0.3) is 0 Å². The first-order chi connectivity index (χ1) is 9.65. The number of benzene rings is 1. The van der Waals surface area contributed by atoms with Crippen LogP contribution < -0.4 is 4.74 Å². The van der Waals surface area contributed by atoms with Gasteiger partial charge in [0.1, 0.15) is 0 Å². The number of hydrogen-bond acceptors (Lipinski definition) is 5. The Kier molecular flexibility index (Phi) is 5.05. The van der Waals surface area contributed by atoms with Crippen LogP contribution in [0.3, 0.4) is 0 Å². The van der Waals surface area contributed by atoms with E-state index in [2.05, 4.69) is 0 Å². The largest absolute Gasteiger partial charge is 0.494 e. The number of aliphatic hydroxyl groups is 1. The topological polar surface area (TPSA) is 59.0 Å². The lowest BCUT2D eigenvalue weighted by molar-refractivity contribution is -0.0240. The second-order valence-electron chi connectivity index (χ2n) is 4.65. The molecule has 5 nitrogen and oxygen atoms in total. The number of aliphatic hydroxyl groups excluding tert-OH is 1. The molecule has 1 N–H and O–H groups in total. The average molecular weight is 283 g/mol. The van der Waals surface area contributed by atoms with Gasteiger partial charge in [-0.2, -0.15) is 0 Å². The van der Waals surface area contributed by atoms with Gasteiger partial charge in [-0.25, -0.2) is 4.39 Å². The lowest BCUT2D eigenvalue weighted by atomic mass is 10.1. The zero-order chi connectivity index (χ0) is 14.5. The fraction of sp³-hybridized carbons (Fsp3) is 0.500. The molecular weight excluding hydrogens is 265 g/mol. The highest BCUT2D eigenvalue weighted by atomic mass is 19.1. The van der Waals surface area contributed by atoms with Crippen LogP contribution in [0, 0.1) is 5.82 Å². The average Bonchev–Trinajstić information content (AvgIpc) is 2.47.